The SMILES string of the molecule is CC1=C(C)C2C(=C1CC1=C(C)C(C)=C3C(C)C(C)C(C)C(C)C13)C(C)C(C)C(C)C2C. The molecule has 0 aromatic rings. The second-order valence-corrected chi connectivity index (χ2v) is 12.3. The van der Waals surface area contributed by atoms with Crippen molar-refractivity contribution < 1.29 is 0 Å². The molecule has 0 aromatic carbocycles. The number of rotatable bonds is 2. The molecular weight excluding hydrogens is 372 g/mol. The van der Waals surface area contributed by atoms with Crippen molar-refractivity contribution in [2.45, 2.75) is 89.5 Å². The van der Waals surface area contributed by atoms with Crippen molar-refractivity contribution >= 4 is 0 Å². The molecule has 0 bridgehead atoms. The van der Waals surface area contributed by atoms with Gasteiger partial charge in [0.05, 0.1) is 0 Å². The van der Waals surface area contributed by atoms with Crippen LogP contribution < -0.4 is 0 Å². The number of allylic oxidation sites excluding steroid dienone is 8. The van der Waals surface area contributed by atoms with E-state index in [1.165, 1.54) is 6.42 Å². The summed E-state index contributed by atoms with van der Waals surface area (Å²) in [5.74, 6) is 7.44. The molecule has 0 radical (unpaired) electrons. The van der Waals surface area contributed by atoms with Crippen molar-refractivity contribution in [3.05, 3.63) is 44.6 Å². The van der Waals surface area contributed by atoms with Gasteiger partial charge >= 0.3 is 0 Å². The van der Waals surface area contributed by atoms with E-state index in [1.807, 2.05) is 5.57 Å². The van der Waals surface area contributed by atoms with Gasteiger partial charge < -0.3 is 0 Å². The Morgan fingerprint density at radius 2 is 0.968 bits per heavy atom. The summed E-state index contributed by atoms with van der Waals surface area (Å²) in [4.78, 5) is 0. The minimum Gasteiger partial charge on any atom is -0.0626 e. The van der Waals surface area contributed by atoms with Crippen molar-refractivity contribution in [3.63, 3.8) is 0 Å². The smallest absolute Gasteiger partial charge is 0.00530 e. The van der Waals surface area contributed by atoms with Gasteiger partial charge in [-0.25, -0.2) is 0 Å². The first-order chi connectivity index (χ1) is 14.4. The molecule has 0 heterocycles. The second kappa shape index (κ2) is 7.78. The third-order valence-corrected chi connectivity index (χ3v) is 11.7. The van der Waals surface area contributed by atoms with Gasteiger partial charge in [0.15, 0.2) is 0 Å². The Balaban J connectivity index is 1.79. The molecule has 2 saturated carbocycles. The van der Waals surface area contributed by atoms with Gasteiger partial charge in [-0.1, -0.05) is 77.7 Å². The van der Waals surface area contributed by atoms with Gasteiger partial charge in [0, 0.05) is 11.8 Å². The van der Waals surface area contributed by atoms with Crippen LogP contribution in [0.15, 0.2) is 44.6 Å². The van der Waals surface area contributed by atoms with Gasteiger partial charge in [0.1, 0.15) is 0 Å². The minimum atomic E-state index is 0.675. The van der Waals surface area contributed by atoms with Crippen LogP contribution in [0.2, 0.25) is 0 Å². The predicted octanol–water partition coefficient (Wildman–Crippen LogP) is 9.02. The molecule has 0 N–H and O–H groups in total. The van der Waals surface area contributed by atoms with Crippen LogP contribution in [0.5, 0.6) is 0 Å². The van der Waals surface area contributed by atoms with Gasteiger partial charge in [-0.3, -0.25) is 0 Å². The summed E-state index contributed by atoms with van der Waals surface area (Å²) in [5, 5.41) is 0. The number of hydrogen-bond donors (Lipinski definition) is 0. The van der Waals surface area contributed by atoms with Crippen molar-refractivity contribution in [2.24, 2.45) is 59.2 Å². The molecule has 0 aromatic heterocycles. The lowest BCUT2D eigenvalue weighted by molar-refractivity contribution is 0.147. The van der Waals surface area contributed by atoms with E-state index in [0.29, 0.717) is 23.7 Å². The van der Waals surface area contributed by atoms with Crippen LogP contribution in [0.25, 0.3) is 0 Å². The van der Waals surface area contributed by atoms with Crippen LogP contribution in [0, 0.1) is 59.2 Å². The summed E-state index contributed by atoms with van der Waals surface area (Å²) in [7, 11) is 0. The van der Waals surface area contributed by atoms with E-state index in [1.54, 1.807) is 39.0 Å². The quantitative estimate of drug-likeness (QED) is 0.418. The van der Waals surface area contributed by atoms with E-state index in [9.17, 15) is 0 Å². The van der Waals surface area contributed by atoms with Crippen LogP contribution >= 0.6 is 0 Å². The van der Waals surface area contributed by atoms with Crippen LogP contribution in [0.4, 0.5) is 0 Å². The Labute approximate surface area is 193 Å². The van der Waals surface area contributed by atoms with Crippen LogP contribution in [0.3, 0.4) is 0 Å². The lowest BCUT2D eigenvalue weighted by Gasteiger charge is -2.45. The standard InChI is InChI=1S/C31H48/c1-14-16(3)22(9)30-26(18(5)24(11)28(30)20(14)7)13-27-19(6)25(12)29-21(8)15(2)17(4)23(10)31(27)29/h14-17,20-23,28,31H,13H2,1-12H3. The zero-order chi connectivity index (χ0) is 23.1. The molecule has 0 saturated heterocycles. The molecule has 31 heavy (non-hydrogen) atoms. The summed E-state index contributed by atoms with van der Waals surface area (Å²) >= 11 is 0. The molecular formula is C31H48. The molecule has 0 spiro atoms. The fourth-order valence-electron chi connectivity index (χ4n) is 8.39. The van der Waals surface area contributed by atoms with E-state index in [2.05, 4.69) is 83.1 Å². The fraction of sp³-hybridized carbons (Fsp3) is 0.742. The van der Waals surface area contributed by atoms with Crippen molar-refractivity contribution in [1.82, 2.24) is 0 Å². The first kappa shape index (κ1) is 23.1. The number of hydrogen-bond acceptors (Lipinski definition) is 0. The molecule has 4 aliphatic rings. The highest BCUT2D eigenvalue weighted by atomic mass is 14.5. The van der Waals surface area contributed by atoms with Crippen LogP contribution in [-0.4, -0.2) is 0 Å². The van der Waals surface area contributed by atoms with Gasteiger partial charge in [0.2, 0.25) is 0 Å². The van der Waals surface area contributed by atoms with Crippen molar-refractivity contribution in [1.29, 1.82) is 0 Å². The van der Waals surface area contributed by atoms with Crippen LogP contribution in [-0.2, 0) is 0 Å². The Morgan fingerprint density at radius 1 is 0.484 bits per heavy atom. The van der Waals surface area contributed by atoms with Gasteiger partial charge in [-0.2, -0.15) is 0 Å². The van der Waals surface area contributed by atoms with Crippen molar-refractivity contribution in [2.75, 3.05) is 0 Å². The zero-order valence-corrected chi connectivity index (χ0v) is 22.5. The maximum absolute atomic E-state index is 2.54. The third-order valence-electron chi connectivity index (χ3n) is 11.7. The molecule has 4 rings (SSSR count). The Morgan fingerprint density at radius 3 is 1.52 bits per heavy atom. The Bertz CT molecular complexity index is 902. The average molecular weight is 421 g/mol. The van der Waals surface area contributed by atoms with Crippen LogP contribution in [0.1, 0.15) is 89.5 Å². The van der Waals surface area contributed by atoms with Gasteiger partial charge in [-0.15, -0.1) is 0 Å². The monoisotopic (exact) mass is 420 g/mol. The highest BCUT2D eigenvalue weighted by Gasteiger charge is 2.48. The topological polar surface area (TPSA) is 0 Å². The van der Waals surface area contributed by atoms with E-state index < -0.39 is 0 Å². The molecule has 0 aliphatic heterocycles. The average Bonchev–Trinajstić information content (AvgIpc) is 3.13. The lowest BCUT2D eigenvalue weighted by Crippen LogP contribution is -2.37. The first-order valence-corrected chi connectivity index (χ1v) is 13.2. The molecule has 2 fully saturated rings. The highest BCUT2D eigenvalue weighted by Crippen LogP contribution is 2.59. The summed E-state index contributed by atoms with van der Waals surface area (Å²) in [6.45, 7) is 29.9. The van der Waals surface area contributed by atoms with Gasteiger partial charge in [0.25, 0.3) is 0 Å². The molecule has 10 unspecified atom stereocenters. The van der Waals surface area contributed by atoms with E-state index in [-0.39, 0.29) is 0 Å². The summed E-state index contributed by atoms with van der Waals surface area (Å²) in [6.07, 6.45) is 1.20. The Hall–Kier alpha value is -1.04. The third kappa shape index (κ3) is 3.06. The molecule has 4 aliphatic carbocycles. The first-order valence-electron chi connectivity index (χ1n) is 13.2. The van der Waals surface area contributed by atoms with E-state index >= 15 is 0 Å². The van der Waals surface area contributed by atoms with E-state index in [0.717, 1.165) is 35.5 Å². The molecule has 0 heteroatoms. The number of fused-ring (bicyclic) bond motifs is 2. The molecule has 10 atom stereocenters. The lowest BCUT2D eigenvalue weighted by atomic mass is 9.59. The Kier molecular flexibility index (Phi) is 5.80. The fourth-order valence-corrected chi connectivity index (χ4v) is 8.39. The van der Waals surface area contributed by atoms with Crippen molar-refractivity contribution in [3.8, 4) is 0 Å². The summed E-state index contributed by atoms with van der Waals surface area (Å²) in [6, 6.07) is 0. The summed E-state index contributed by atoms with van der Waals surface area (Å²) in [5.41, 5.74) is 13.7. The minimum absolute atomic E-state index is 0.675. The zero-order valence-electron chi connectivity index (χ0n) is 22.5. The van der Waals surface area contributed by atoms with Gasteiger partial charge in [-0.05, 0) is 104 Å². The molecule has 172 valence electrons. The maximum atomic E-state index is 2.54. The maximum Gasteiger partial charge on any atom is 0.00530 e. The second-order valence-electron chi connectivity index (χ2n) is 12.3. The molecule has 0 nitrogen and oxygen atoms in total. The normalized spacial score (nSPS) is 45.7. The largest absolute Gasteiger partial charge is 0.0626 e. The van der Waals surface area contributed by atoms with E-state index in [4.69, 9.17) is 0 Å². The summed E-state index contributed by atoms with van der Waals surface area (Å²) < 4.78 is 0. The molecule has 0 amide bonds. The predicted molar refractivity (Wildman–Crippen MR) is 136 cm³/mol. The highest BCUT2D eigenvalue weighted by molar-refractivity contribution is 5.57.